The highest BCUT2D eigenvalue weighted by atomic mass is 35.5. The third-order valence-electron chi connectivity index (χ3n) is 4.27. The van der Waals surface area contributed by atoms with Crippen LogP contribution < -0.4 is 0 Å². The van der Waals surface area contributed by atoms with Gasteiger partial charge in [0, 0.05) is 18.1 Å². The summed E-state index contributed by atoms with van der Waals surface area (Å²) in [6.45, 7) is 2.02. The fourth-order valence-electron chi connectivity index (χ4n) is 2.92. The minimum Gasteiger partial charge on any atom is -0.467 e. The summed E-state index contributed by atoms with van der Waals surface area (Å²) in [5.74, 6) is 0.839. The van der Waals surface area contributed by atoms with Crippen molar-refractivity contribution in [1.82, 2.24) is 9.80 Å². The number of furan rings is 1. The second-order valence-electron chi connectivity index (χ2n) is 6.61. The molecule has 0 unspecified atom stereocenters. The molecular formula is C22H23ClN2O2. The number of nitrogens with zero attached hydrogens (tertiary/aromatic N) is 2. The molecule has 140 valence electrons. The Morgan fingerprint density at radius 3 is 2.26 bits per heavy atom. The van der Waals surface area contributed by atoms with Gasteiger partial charge in [-0.15, -0.1) is 0 Å². The van der Waals surface area contributed by atoms with E-state index in [2.05, 4.69) is 0 Å². The molecule has 1 amide bonds. The molecule has 0 aliphatic heterocycles. The number of halogens is 1. The summed E-state index contributed by atoms with van der Waals surface area (Å²) in [5.41, 5.74) is 2.22. The SMILES string of the molecule is CN(CC(=O)N(Cc1ccccc1)Cc1ccco1)Cc1ccc(Cl)cc1. The molecule has 3 rings (SSSR count). The standard InChI is InChI=1S/C22H23ClN2O2/c1-24(14-19-9-11-20(23)12-10-19)17-22(26)25(16-21-8-5-13-27-21)15-18-6-3-2-4-7-18/h2-13H,14-17H2,1H3. The highest BCUT2D eigenvalue weighted by Gasteiger charge is 2.18. The first kappa shape index (κ1) is 19.2. The number of likely N-dealkylation sites (N-methyl/N-ethyl adjacent to an activating group) is 1. The number of hydrogen-bond donors (Lipinski definition) is 0. The van der Waals surface area contributed by atoms with Gasteiger partial charge in [-0.3, -0.25) is 9.69 Å². The van der Waals surface area contributed by atoms with Crippen LogP contribution >= 0.6 is 11.6 Å². The fourth-order valence-corrected chi connectivity index (χ4v) is 3.04. The molecule has 1 heterocycles. The van der Waals surface area contributed by atoms with E-state index in [4.69, 9.17) is 16.0 Å². The van der Waals surface area contributed by atoms with E-state index in [-0.39, 0.29) is 5.91 Å². The Balaban J connectivity index is 1.64. The van der Waals surface area contributed by atoms with E-state index >= 15 is 0 Å². The lowest BCUT2D eigenvalue weighted by molar-refractivity contribution is -0.133. The van der Waals surface area contributed by atoms with Gasteiger partial charge >= 0.3 is 0 Å². The summed E-state index contributed by atoms with van der Waals surface area (Å²) in [6.07, 6.45) is 1.63. The molecule has 0 fully saturated rings. The van der Waals surface area contributed by atoms with Crippen LogP contribution in [-0.4, -0.2) is 29.3 Å². The van der Waals surface area contributed by atoms with E-state index in [0.717, 1.165) is 16.9 Å². The van der Waals surface area contributed by atoms with Gasteiger partial charge in [0.25, 0.3) is 0 Å². The van der Waals surface area contributed by atoms with Crippen molar-refractivity contribution >= 4 is 17.5 Å². The van der Waals surface area contributed by atoms with Gasteiger partial charge in [-0.25, -0.2) is 0 Å². The summed E-state index contributed by atoms with van der Waals surface area (Å²) < 4.78 is 5.44. The first-order valence-electron chi connectivity index (χ1n) is 8.87. The van der Waals surface area contributed by atoms with Gasteiger partial charge in [0.1, 0.15) is 5.76 Å². The molecular weight excluding hydrogens is 360 g/mol. The van der Waals surface area contributed by atoms with Crippen molar-refractivity contribution in [2.75, 3.05) is 13.6 Å². The number of carbonyl (C=O) groups is 1. The van der Waals surface area contributed by atoms with E-state index in [9.17, 15) is 4.79 Å². The first-order valence-corrected chi connectivity index (χ1v) is 9.25. The molecule has 0 saturated heterocycles. The third-order valence-corrected chi connectivity index (χ3v) is 4.52. The monoisotopic (exact) mass is 382 g/mol. The van der Waals surface area contributed by atoms with Gasteiger partial charge in [0.2, 0.25) is 5.91 Å². The molecule has 0 atom stereocenters. The molecule has 0 aliphatic rings. The normalized spacial score (nSPS) is 10.9. The van der Waals surface area contributed by atoms with Crippen LogP contribution in [0.5, 0.6) is 0 Å². The van der Waals surface area contributed by atoms with E-state index in [1.54, 1.807) is 6.26 Å². The van der Waals surface area contributed by atoms with Crippen molar-refractivity contribution < 1.29 is 9.21 Å². The number of carbonyl (C=O) groups excluding carboxylic acids is 1. The zero-order valence-corrected chi connectivity index (χ0v) is 16.1. The largest absolute Gasteiger partial charge is 0.467 e. The van der Waals surface area contributed by atoms with Crippen LogP contribution in [0, 0.1) is 0 Å². The molecule has 0 N–H and O–H groups in total. The van der Waals surface area contributed by atoms with Gasteiger partial charge in [-0.2, -0.15) is 0 Å². The number of hydrogen-bond acceptors (Lipinski definition) is 3. The van der Waals surface area contributed by atoms with Crippen LogP contribution in [0.4, 0.5) is 0 Å². The molecule has 0 bridgehead atoms. The fraction of sp³-hybridized carbons (Fsp3) is 0.227. The lowest BCUT2D eigenvalue weighted by Crippen LogP contribution is -2.38. The number of benzene rings is 2. The van der Waals surface area contributed by atoms with Crippen LogP contribution in [-0.2, 0) is 24.4 Å². The molecule has 27 heavy (non-hydrogen) atoms. The lowest BCUT2D eigenvalue weighted by Gasteiger charge is -2.25. The molecule has 0 spiro atoms. The van der Waals surface area contributed by atoms with Crippen LogP contribution in [0.3, 0.4) is 0 Å². The van der Waals surface area contributed by atoms with E-state index in [1.165, 1.54) is 0 Å². The smallest absolute Gasteiger partial charge is 0.237 e. The summed E-state index contributed by atoms with van der Waals surface area (Å²) in [4.78, 5) is 16.8. The minimum atomic E-state index is 0.0618. The Kier molecular flexibility index (Phi) is 6.69. The van der Waals surface area contributed by atoms with Gasteiger partial charge in [-0.05, 0) is 42.4 Å². The highest BCUT2D eigenvalue weighted by Crippen LogP contribution is 2.13. The lowest BCUT2D eigenvalue weighted by atomic mass is 10.2. The van der Waals surface area contributed by atoms with Crippen molar-refractivity contribution in [3.63, 3.8) is 0 Å². The summed E-state index contributed by atoms with van der Waals surface area (Å²) in [6, 6.07) is 21.4. The third kappa shape index (κ3) is 5.98. The predicted octanol–water partition coefficient (Wildman–Crippen LogP) is 4.59. The van der Waals surface area contributed by atoms with Crippen molar-refractivity contribution in [2.45, 2.75) is 19.6 Å². The second kappa shape index (κ2) is 9.40. The average molecular weight is 383 g/mol. The second-order valence-corrected chi connectivity index (χ2v) is 7.05. The zero-order chi connectivity index (χ0) is 19.1. The van der Waals surface area contributed by atoms with Crippen molar-refractivity contribution in [1.29, 1.82) is 0 Å². The first-order chi connectivity index (χ1) is 13.1. The Labute approximate surface area is 165 Å². The Bertz CT molecular complexity index is 833. The molecule has 0 aliphatic carbocycles. The topological polar surface area (TPSA) is 36.7 Å². The van der Waals surface area contributed by atoms with Gasteiger partial charge in [0.05, 0.1) is 19.4 Å². The van der Waals surface area contributed by atoms with Crippen LogP contribution in [0.2, 0.25) is 5.02 Å². The maximum Gasteiger partial charge on any atom is 0.237 e. The Hall–Kier alpha value is -2.56. The Morgan fingerprint density at radius 1 is 0.889 bits per heavy atom. The summed E-state index contributed by atoms with van der Waals surface area (Å²) in [7, 11) is 1.94. The van der Waals surface area contributed by atoms with E-state index < -0.39 is 0 Å². The van der Waals surface area contributed by atoms with Crippen molar-refractivity contribution in [2.24, 2.45) is 0 Å². The maximum atomic E-state index is 13.0. The van der Waals surface area contributed by atoms with E-state index in [1.807, 2.05) is 83.6 Å². The van der Waals surface area contributed by atoms with Crippen LogP contribution in [0.15, 0.2) is 77.4 Å². The molecule has 5 heteroatoms. The molecule has 0 saturated carbocycles. The average Bonchev–Trinajstić information content (AvgIpc) is 3.17. The van der Waals surface area contributed by atoms with Gasteiger partial charge in [0.15, 0.2) is 0 Å². The van der Waals surface area contributed by atoms with Crippen LogP contribution in [0.25, 0.3) is 0 Å². The molecule has 4 nitrogen and oxygen atoms in total. The zero-order valence-electron chi connectivity index (χ0n) is 15.3. The molecule has 1 aromatic heterocycles. The highest BCUT2D eigenvalue weighted by molar-refractivity contribution is 6.30. The molecule has 3 aromatic rings. The molecule has 0 radical (unpaired) electrons. The van der Waals surface area contributed by atoms with Crippen molar-refractivity contribution in [3.8, 4) is 0 Å². The summed E-state index contributed by atoms with van der Waals surface area (Å²) in [5, 5.41) is 0.713. The van der Waals surface area contributed by atoms with Gasteiger partial charge < -0.3 is 9.32 Å². The molecule has 2 aromatic carbocycles. The Morgan fingerprint density at radius 2 is 1.59 bits per heavy atom. The summed E-state index contributed by atoms with van der Waals surface area (Å²) >= 11 is 5.94. The number of amides is 1. The predicted molar refractivity (Wildman–Crippen MR) is 107 cm³/mol. The van der Waals surface area contributed by atoms with Crippen molar-refractivity contribution in [3.05, 3.63) is 94.9 Å². The minimum absolute atomic E-state index is 0.0618. The number of rotatable bonds is 8. The maximum absolute atomic E-state index is 13.0. The van der Waals surface area contributed by atoms with Crippen LogP contribution in [0.1, 0.15) is 16.9 Å². The van der Waals surface area contributed by atoms with E-state index in [0.29, 0.717) is 31.2 Å². The quantitative estimate of drug-likeness (QED) is 0.571. The van der Waals surface area contributed by atoms with Gasteiger partial charge in [-0.1, -0.05) is 54.1 Å².